The number of hydrogen-bond acceptors (Lipinski definition) is 5. The van der Waals surface area contributed by atoms with E-state index < -0.39 is 5.97 Å². The summed E-state index contributed by atoms with van der Waals surface area (Å²) in [6, 6.07) is 13.9. The Morgan fingerprint density at radius 3 is 1.93 bits per heavy atom. The standard InChI is InChI=1S/C22H27N3O4/c1-5-24(6-2)19-13-9-18(10-14-19)23-21(27)15-25(16(3)26)20-11-7-17(8-12-20)22(28)29-4/h7-14H,5-6,15H2,1-4H3,(H,23,27). The number of carbonyl (C=O) groups is 3. The second kappa shape index (κ2) is 10.3. The Hall–Kier alpha value is -3.35. The van der Waals surface area contributed by atoms with E-state index in [1.807, 2.05) is 24.3 Å². The highest BCUT2D eigenvalue weighted by atomic mass is 16.5. The van der Waals surface area contributed by atoms with E-state index >= 15 is 0 Å². The van der Waals surface area contributed by atoms with Gasteiger partial charge in [-0.25, -0.2) is 4.79 Å². The number of hydrogen-bond donors (Lipinski definition) is 1. The van der Waals surface area contributed by atoms with Gasteiger partial charge in [0.05, 0.1) is 12.7 Å². The van der Waals surface area contributed by atoms with Gasteiger partial charge in [0.2, 0.25) is 11.8 Å². The summed E-state index contributed by atoms with van der Waals surface area (Å²) in [6.45, 7) is 7.25. The average Bonchev–Trinajstić information content (AvgIpc) is 2.73. The Labute approximate surface area is 171 Å². The zero-order chi connectivity index (χ0) is 21.4. The topological polar surface area (TPSA) is 79.0 Å². The summed E-state index contributed by atoms with van der Waals surface area (Å²) in [5, 5.41) is 2.81. The van der Waals surface area contributed by atoms with Crippen LogP contribution in [0.3, 0.4) is 0 Å². The number of rotatable bonds is 8. The molecule has 2 aromatic rings. The summed E-state index contributed by atoms with van der Waals surface area (Å²) in [5.41, 5.74) is 2.65. The lowest BCUT2D eigenvalue weighted by molar-refractivity contribution is -0.120. The number of nitrogens with zero attached hydrogens (tertiary/aromatic N) is 2. The molecule has 0 saturated heterocycles. The number of anilines is 3. The fourth-order valence-corrected chi connectivity index (χ4v) is 2.97. The van der Waals surface area contributed by atoms with Crippen molar-refractivity contribution >= 4 is 34.8 Å². The molecule has 0 spiro atoms. The highest BCUT2D eigenvalue weighted by Gasteiger charge is 2.17. The maximum atomic E-state index is 12.5. The fourth-order valence-electron chi connectivity index (χ4n) is 2.97. The lowest BCUT2D eigenvalue weighted by atomic mass is 10.2. The second-order valence-electron chi connectivity index (χ2n) is 6.41. The molecule has 0 unspecified atom stereocenters. The van der Waals surface area contributed by atoms with Crippen molar-refractivity contribution in [3.05, 3.63) is 54.1 Å². The number of nitrogens with one attached hydrogen (secondary N) is 1. The Balaban J connectivity index is 2.06. The van der Waals surface area contributed by atoms with Gasteiger partial charge in [-0.05, 0) is 62.4 Å². The predicted molar refractivity (Wildman–Crippen MR) is 114 cm³/mol. The summed E-state index contributed by atoms with van der Waals surface area (Å²) in [7, 11) is 1.30. The minimum Gasteiger partial charge on any atom is -0.465 e. The predicted octanol–water partition coefficient (Wildman–Crippen LogP) is 3.31. The average molecular weight is 397 g/mol. The number of carbonyl (C=O) groups excluding carboxylic acids is 3. The van der Waals surface area contributed by atoms with Gasteiger partial charge in [0, 0.05) is 37.1 Å². The molecule has 0 aliphatic heterocycles. The molecular weight excluding hydrogens is 370 g/mol. The molecule has 0 aliphatic rings. The van der Waals surface area contributed by atoms with Crippen LogP contribution in [0, 0.1) is 0 Å². The zero-order valence-electron chi connectivity index (χ0n) is 17.3. The van der Waals surface area contributed by atoms with E-state index in [9.17, 15) is 14.4 Å². The van der Waals surface area contributed by atoms with Gasteiger partial charge in [-0.1, -0.05) is 0 Å². The molecule has 2 rings (SSSR count). The first kappa shape index (κ1) is 21.9. The highest BCUT2D eigenvalue weighted by molar-refractivity contribution is 6.02. The molecule has 0 aromatic heterocycles. The van der Waals surface area contributed by atoms with Gasteiger partial charge in [0.25, 0.3) is 0 Å². The third-order valence-electron chi connectivity index (χ3n) is 4.56. The lowest BCUT2D eigenvalue weighted by Crippen LogP contribution is -2.36. The summed E-state index contributed by atoms with van der Waals surface area (Å²) in [6.07, 6.45) is 0. The Bertz CT molecular complexity index is 843. The molecule has 0 saturated carbocycles. The number of benzene rings is 2. The van der Waals surface area contributed by atoms with Crippen LogP contribution in [-0.4, -0.2) is 44.5 Å². The van der Waals surface area contributed by atoms with Crippen LogP contribution in [0.5, 0.6) is 0 Å². The Morgan fingerprint density at radius 1 is 0.897 bits per heavy atom. The van der Waals surface area contributed by atoms with Crippen molar-refractivity contribution in [3.8, 4) is 0 Å². The van der Waals surface area contributed by atoms with E-state index in [-0.39, 0.29) is 18.4 Å². The van der Waals surface area contributed by atoms with E-state index in [2.05, 4.69) is 28.8 Å². The van der Waals surface area contributed by atoms with Crippen LogP contribution >= 0.6 is 0 Å². The number of methoxy groups -OCH3 is 1. The maximum Gasteiger partial charge on any atom is 0.337 e. The van der Waals surface area contributed by atoms with E-state index in [1.165, 1.54) is 18.9 Å². The van der Waals surface area contributed by atoms with E-state index in [4.69, 9.17) is 0 Å². The van der Waals surface area contributed by atoms with Gasteiger partial charge in [0.15, 0.2) is 0 Å². The van der Waals surface area contributed by atoms with Crippen LogP contribution < -0.4 is 15.1 Å². The van der Waals surface area contributed by atoms with Crippen LogP contribution in [0.4, 0.5) is 17.1 Å². The molecule has 2 aromatic carbocycles. The van der Waals surface area contributed by atoms with E-state index in [0.29, 0.717) is 16.9 Å². The summed E-state index contributed by atoms with van der Waals surface area (Å²) >= 11 is 0. The van der Waals surface area contributed by atoms with Gasteiger partial charge >= 0.3 is 5.97 Å². The van der Waals surface area contributed by atoms with Crippen molar-refractivity contribution in [2.75, 3.05) is 41.9 Å². The van der Waals surface area contributed by atoms with Crippen molar-refractivity contribution in [2.24, 2.45) is 0 Å². The fraction of sp³-hybridized carbons (Fsp3) is 0.318. The van der Waals surface area contributed by atoms with Gasteiger partial charge in [0.1, 0.15) is 6.54 Å². The SMILES string of the molecule is CCN(CC)c1ccc(NC(=O)CN(C(C)=O)c2ccc(C(=O)OC)cc2)cc1. The first-order chi connectivity index (χ1) is 13.9. The van der Waals surface area contributed by atoms with Crippen LogP contribution in [0.15, 0.2) is 48.5 Å². The molecule has 1 N–H and O–H groups in total. The number of ether oxygens (including phenoxy) is 1. The summed E-state index contributed by atoms with van der Waals surface area (Å²) in [5.74, 6) is -1.05. The molecular formula is C22H27N3O4. The minimum atomic E-state index is -0.461. The van der Waals surface area contributed by atoms with Crippen molar-refractivity contribution in [1.82, 2.24) is 0 Å². The minimum absolute atomic E-state index is 0.134. The van der Waals surface area contributed by atoms with Gasteiger partial charge in [-0.2, -0.15) is 0 Å². The van der Waals surface area contributed by atoms with Crippen molar-refractivity contribution in [1.29, 1.82) is 0 Å². The molecule has 29 heavy (non-hydrogen) atoms. The molecule has 0 bridgehead atoms. The molecule has 2 amide bonds. The quantitative estimate of drug-likeness (QED) is 0.692. The zero-order valence-corrected chi connectivity index (χ0v) is 17.3. The van der Waals surface area contributed by atoms with E-state index in [1.54, 1.807) is 24.3 Å². The van der Waals surface area contributed by atoms with Crippen LogP contribution in [0.2, 0.25) is 0 Å². The monoisotopic (exact) mass is 397 g/mol. The molecule has 0 atom stereocenters. The molecule has 0 radical (unpaired) electrons. The third kappa shape index (κ3) is 5.81. The largest absolute Gasteiger partial charge is 0.465 e. The number of amides is 2. The normalized spacial score (nSPS) is 10.2. The maximum absolute atomic E-state index is 12.5. The highest BCUT2D eigenvalue weighted by Crippen LogP contribution is 2.19. The third-order valence-corrected chi connectivity index (χ3v) is 4.56. The van der Waals surface area contributed by atoms with Gasteiger partial charge < -0.3 is 19.9 Å². The second-order valence-corrected chi connectivity index (χ2v) is 6.41. The Kier molecular flexibility index (Phi) is 7.77. The lowest BCUT2D eigenvalue weighted by Gasteiger charge is -2.22. The first-order valence-corrected chi connectivity index (χ1v) is 9.50. The molecule has 0 fully saturated rings. The van der Waals surface area contributed by atoms with Crippen LogP contribution in [-0.2, 0) is 14.3 Å². The number of esters is 1. The molecule has 7 nitrogen and oxygen atoms in total. The summed E-state index contributed by atoms with van der Waals surface area (Å²) in [4.78, 5) is 39.6. The summed E-state index contributed by atoms with van der Waals surface area (Å²) < 4.78 is 4.67. The molecule has 0 aliphatic carbocycles. The van der Waals surface area contributed by atoms with Gasteiger partial charge in [-0.3, -0.25) is 9.59 Å². The van der Waals surface area contributed by atoms with E-state index in [0.717, 1.165) is 18.8 Å². The molecule has 0 heterocycles. The first-order valence-electron chi connectivity index (χ1n) is 9.50. The Morgan fingerprint density at radius 2 is 1.45 bits per heavy atom. The van der Waals surface area contributed by atoms with Crippen LogP contribution in [0.1, 0.15) is 31.1 Å². The van der Waals surface area contributed by atoms with Gasteiger partial charge in [-0.15, -0.1) is 0 Å². The van der Waals surface area contributed by atoms with Crippen molar-refractivity contribution < 1.29 is 19.1 Å². The molecule has 154 valence electrons. The van der Waals surface area contributed by atoms with Crippen molar-refractivity contribution in [3.63, 3.8) is 0 Å². The van der Waals surface area contributed by atoms with Crippen LogP contribution in [0.25, 0.3) is 0 Å². The molecule has 7 heteroatoms. The van der Waals surface area contributed by atoms with Crippen molar-refractivity contribution in [2.45, 2.75) is 20.8 Å². The smallest absolute Gasteiger partial charge is 0.337 e.